The lowest BCUT2D eigenvalue weighted by molar-refractivity contribution is -0.120. The highest BCUT2D eigenvalue weighted by Gasteiger charge is 2.15. The predicted molar refractivity (Wildman–Crippen MR) is 97.5 cm³/mol. The second-order valence-electron chi connectivity index (χ2n) is 5.87. The minimum atomic E-state index is -0.606. The van der Waals surface area contributed by atoms with Gasteiger partial charge < -0.3 is 14.8 Å². The van der Waals surface area contributed by atoms with Crippen LogP contribution in [0.25, 0.3) is 0 Å². The minimum absolute atomic E-state index is 0.0705. The number of anilines is 1. The zero-order valence-electron chi connectivity index (χ0n) is 14.1. The Morgan fingerprint density at radius 2 is 1.96 bits per heavy atom. The minimum Gasteiger partial charge on any atom is -0.454 e. The second kappa shape index (κ2) is 8.07. The van der Waals surface area contributed by atoms with Crippen LogP contribution < -0.4 is 20.1 Å². The van der Waals surface area contributed by atoms with E-state index in [1.54, 1.807) is 36.2 Å². The Morgan fingerprint density at radius 1 is 1.15 bits per heavy atom. The highest BCUT2D eigenvalue weighted by Crippen LogP contribution is 2.34. The van der Waals surface area contributed by atoms with E-state index in [1.165, 1.54) is 0 Å². The highest BCUT2D eigenvalue weighted by atomic mass is 35.5. The van der Waals surface area contributed by atoms with Gasteiger partial charge in [0.1, 0.15) is 0 Å². The molecular weight excluding hydrogens is 358 g/mol. The molecule has 2 aromatic carbocycles. The number of likely N-dealkylation sites (N-methyl/N-ethyl adjacent to an activating group) is 1. The number of amides is 3. The number of halogens is 1. The van der Waals surface area contributed by atoms with Crippen LogP contribution in [0.4, 0.5) is 10.5 Å². The molecule has 3 amide bonds. The first-order valence-corrected chi connectivity index (χ1v) is 8.31. The SMILES string of the molecule is CN(CC(=O)NC(=O)Nc1ccc2c(c1)OCO2)Cc1cccc(Cl)c1. The van der Waals surface area contributed by atoms with Crippen molar-refractivity contribution in [3.8, 4) is 11.5 Å². The first-order valence-electron chi connectivity index (χ1n) is 7.93. The number of imide groups is 1. The molecule has 0 atom stereocenters. The van der Waals surface area contributed by atoms with Crippen LogP contribution in [0.3, 0.4) is 0 Å². The average molecular weight is 376 g/mol. The van der Waals surface area contributed by atoms with Crippen molar-refractivity contribution in [3.63, 3.8) is 0 Å². The Kier molecular flexibility index (Phi) is 5.60. The van der Waals surface area contributed by atoms with E-state index in [9.17, 15) is 9.59 Å². The third-order valence-corrected chi connectivity index (χ3v) is 3.87. The monoisotopic (exact) mass is 375 g/mol. The summed E-state index contributed by atoms with van der Waals surface area (Å²) < 4.78 is 10.4. The Bertz CT molecular complexity index is 828. The number of ether oxygens (including phenoxy) is 2. The molecule has 1 aliphatic heterocycles. The van der Waals surface area contributed by atoms with Crippen molar-refractivity contribution in [2.24, 2.45) is 0 Å². The van der Waals surface area contributed by atoms with Crippen molar-refractivity contribution in [1.29, 1.82) is 0 Å². The molecule has 0 unspecified atom stereocenters. The standard InChI is InChI=1S/C18H18ClN3O4/c1-22(9-12-3-2-4-13(19)7-12)10-17(23)21-18(24)20-14-5-6-15-16(8-14)26-11-25-15/h2-8H,9-11H2,1H3,(H2,20,21,23,24). The number of nitrogens with zero attached hydrogens (tertiary/aromatic N) is 1. The van der Waals surface area contributed by atoms with E-state index in [0.29, 0.717) is 28.8 Å². The Hall–Kier alpha value is -2.77. The van der Waals surface area contributed by atoms with Crippen LogP contribution >= 0.6 is 11.6 Å². The molecule has 0 fully saturated rings. The van der Waals surface area contributed by atoms with E-state index >= 15 is 0 Å². The fraction of sp³-hybridized carbons (Fsp3) is 0.222. The van der Waals surface area contributed by atoms with Crippen molar-refractivity contribution >= 4 is 29.2 Å². The quantitative estimate of drug-likeness (QED) is 0.840. The molecule has 8 heteroatoms. The first-order chi connectivity index (χ1) is 12.5. The summed E-state index contributed by atoms with van der Waals surface area (Å²) in [4.78, 5) is 25.8. The van der Waals surface area contributed by atoms with E-state index in [2.05, 4.69) is 10.6 Å². The zero-order valence-corrected chi connectivity index (χ0v) is 14.9. The van der Waals surface area contributed by atoms with Crippen molar-refractivity contribution in [2.75, 3.05) is 25.7 Å². The number of rotatable bonds is 5. The van der Waals surface area contributed by atoms with E-state index in [4.69, 9.17) is 21.1 Å². The van der Waals surface area contributed by atoms with Gasteiger partial charge in [0.05, 0.1) is 6.54 Å². The fourth-order valence-corrected chi connectivity index (χ4v) is 2.76. The Labute approximate surface area is 155 Å². The lowest BCUT2D eigenvalue weighted by Crippen LogP contribution is -2.40. The van der Waals surface area contributed by atoms with Gasteiger partial charge in [-0.3, -0.25) is 15.0 Å². The van der Waals surface area contributed by atoms with Crippen molar-refractivity contribution < 1.29 is 19.1 Å². The van der Waals surface area contributed by atoms with Crippen LogP contribution in [-0.4, -0.2) is 37.2 Å². The molecule has 0 aliphatic carbocycles. The number of carbonyl (C=O) groups excluding carboxylic acids is 2. The van der Waals surface area contributed by atoms with Crippen LogP contribution in [0.15, 0.2) is 42.5 Å². The summed E-state index contributed by atoms with van der Waals surface area (Å²) in [5.74, 6) is 0.762. The molecule has 3 rings (SSSR count). The molecule has 7 nitrogen and oxygen atoms in total. The molecule has 0 saturated carbocycles. The van der Waals surface area contributed by atoms with E-state index in [0.717, 1.165) is 5.56 Å². The molecule has 2 N–H and O–H groups in total. The summed E-state index contributed by atoms with van der Waals surface area (Å²) in [6.45, 7) is 0.765. The molecule has 2 aromatic rings. The Morgan fingerprint density at radius 3 is 2.77 bits per heavy atom. The summed E-state index contributed by atoms with van der Waals surface area (Å²) >= 11 is 5.95. The lowest BCUT2D eigenvalue weighted by atomic mass is 10.2. The van der Waals surface area contributed by atoms with Gasteiger partial charge in [0.15, 0.2) is 11.5 Å². The summed E-state index contributed by atoms with van der Waals surface area (Å²) in [5, 5.41) is 5.53. The number of hydrogen-bond donors (Lipinski definition) is 2. The van der Waals surface area contributed by atoms with Gasteiger partial charge in [-0.1, -0.05) is 23.7 Å². The largest absolute Gasteiger partial charge is 0.454 e. The summed E-state index contributed by atoms with van der Waals surface area (Å²) in [5.41, 5.74) is 1.49. The van der Waals surface area contributed by atoms with Crippen LogP contribution in [-0.2, 0) is 11.3 Å². The van der Waals surface area contributed by atoms with Crippen LogP contribution in [0, 0.1) is 0 Å². The van der Waals surface area contributed by atoms with E-state index in [1.807, 2.05) is 18.2 Å². The Balaban J connectivity index is 1.47. The number of nitrogens with one attached hydrogen (secondary N) is 2. The lowest BCUT2D eigenvalue weighted by Gasteiger charge is -2.16. The van der Waals surface area contributed by atoms with Crippen molar-refractivity contribution in [3.05, 3.63) is 53.1 Å². The number of urea groups is 1. The van der Waals surface area contributed by atoms with Gasteiger partial charge >= 0.3 is 6.03 Å². The van der Waals surface area contributed by atoms with Crippen molar-refractivity contribution in [2.45, 2.75) is 6.54 Å². The van der Waals surface area contributed by atoms with Gasteiger partial charge in [-0.05, 0) is 36.9 Å². The number of fused-ring (bicyclic) bond motifs is 1. The summed E-state index contributed by atoms with van der Waals surface area (Å²) in [7, 11) is 1.79. The normalized spacial score (nSPS) is 12.1. The smallest absolute Gasteiger partial charge is 0.325 e. The van der Waals surface area contributed by atoms with E-state index in [-0.39, 0.29) is 13.3 Å². The van der Waals surface area contributed by atoms with Gasteiger partial charge in [-0.25, -0.2) is 4.79 Å². The molecule has 26 heavy (non-hydrogen) atoms. The molecule has 0 saturated heterocycles. The van der Waals surface area contributed by atoms with Crippen LogP contribution in [0.1, 0.15) is 5.56 Å². The van der Waals surface area contributed by atoms with Crippen LogP contribution in [0.5, 0.6) is 11.5 Å². The first kappa shape index (κ1) is 18.0. The molecule has 0 aromatic heterocycles. The summed E-state index contributed by atoms with van der Waals surface area (Å²) in [6, 6.07) is 11.8. The van der Waals surface area contributed by atoms with Crippen LogP contribution in [0.2, 0.25) is 5.02 Å². The maximum absolute atomic E-state index is 12.0. The van der Waals surface area contributed by atoms with Gasteiger partial charge in [-0.2, -0.15) is 0 Å². The van der Waals surface area contributed by atoms with Gasteiger partial charge in [0.25, 0.3) is 0 Å². The average Bonchev–Trinajstić information content (AvgIpc) is 3.01. The predicted octanol–water partition coefficient (Wildman–Crippen LogP) is 2.85. The van der Waals surface area contributed by atoms with Gasteiger partial charge in [0, 0.05) is 23.3 Å². The third kappa shape index (κ3) is 4.87. The molecule has 136 valence electrons. The van der Waals surface area contributed by atoms with Crippen molar-refractivity contribution in [1.82, 2.24) is 10.2 Å². The fourth-order valence-electron chi connectivity index (χ4n) is 2.55. The molecule has 1 aliphatic rings. The molecular formula is C18H18ClN3O4. The molecule has 1 heterocycles. The number of hydrogen-bond acceptors (Lipinski definition) is 5. The highest BCUT2D eigenvalue weighted by molar-refractivity contribution is 6.30. The van der Waals surface area contributed by atoms with Gasteiger partial charge in [-0.15, -0.1) is 0 Å². The third-order valence-electron chi connectivity index (χ3n) is 3.64. The second-order valence-corrected chi connectivity index (χ2v) is 6.31. The molecule has 0 bridgehead atoms. The van der Waals surface area contributed by atoms with E-state index < -0.39 is 11.9 Å². The topological polar surface area (TPSA) is 79.9 Å². The maximum atomic E-state index is 12.0. The molecule has 0 radical (unpaired) electrons. The molecule has 0 spiro atoms. The maximum Gasteiger partial charge on any atom is 0.325 e. The number of carbonyl (C=O) groups is 2. The van der Waals surface area contributed by atoms with Gasteiger partial charge in [0.2, 0.25) is 12.7 Å². The zero-order chi connectivity index (χ0) is 18.5. The number of benzene rings is 2. The summed E-state index contributed by atoms with van der Waals surface area (Å²) in [6.07, 6.45) is 0.